The lowest BCUT2D eigenvalue weighted by atomic mass is 10.0. The predicted octanol–water partition coefficient (Wildman–Crippen LogP) is 18.3. The molecule has 0 aromatic rings. The van der Waals surface area contributed by atoms with E-state index in [1.165, 1.54) is 116 Å². The number of likely N-dealkylation sites (N-methyl/N-ethyl adjacent to an activating group) is 1. The van der Waals surface area contributed by atoms with E-state index >= 15 is 0 Å². The van der Waals surface area contributed by atoms with Crippen LogP contribution in [0.5, 0.6) is 0 Å². The number of hydrogen-bond acceptors (Lipinski definition) is 7. The molecule has 0 saturated heterocycles. The van der Waals surface area contributed by atoms with Crippen LogP contribution < -0.4 is 0 Å². The number of quaternary nitrogens is 1. The highest BCUT2D eigenvalue weighted by Gasteiger charge is 2.27. The van der Waals surface area contributed by atoms with E-state index in [1.54, 1.807) is 0 Å². The first-order valence-corrected chi connectivity index (χ1v) is 30.8. The molecule has 0 aliphatic rings. The number of phosphoric acid groups is 1. The Morgan fingerprint density at radius 2 is 0.792 bits per heavy atom. The van der Waals surface area contributed by atoms with Crippen molar-refractivity contribution in [2.45, 2.75) is 251 Å². The highest BCUT2D eigenvalue weighted by Crippen LogP contribution is 2.43. The van der Waals surface area contributed by atoms with Gasteiger partial charge in [0.1, 0.15) is 19.8 Å². The van der Waals surface area contributed by atoms with Crippen LogP contribution in [0, 0.1) is 0 Å². The molecule has 0 aliphatic carbocycles. The van der Waals surface area contributed by atoms with Gasteiger partial charge in [-0.3, -0.25) is 18.6 Å². The molecule has 72 heavy (non-hydrogen) atoms. The number of carbonyl (C=O) groups excluding carboxylic acids is 2. The topological polar surface area (TPSA) is 108 Å². The van der Waals surface area contributed by atoms with Gasteiger partial charge in [0, 0.05) is 12.8 Å². The third kappa shape index (κ3) is 56.5. The number of unbranched alkanes of at least 4 members (excludes halogenated alkanes) is 25. The van der Waals surface area contributed by atoms with E-state index in [1.807, 2.05) is 21.1 Å². The predicted molar refractivity (Wildman–Crippen MR) is 307 cm³/mol. The minimum Gasteiger partial charge on any atom is -0.462 e. The molecular weight excluding hydrogens is 918 g/mol. The molecule has 2 atom stereocenters. The van der Waals surface area contributed by atoms with Gasteiger partial charge >= 0.3 is 19.8 Å². The zero-order valence-electron chi connectivity index (χ0n) is 47.1. The average molecular weight is 1030 g/mol. The Labute approximate surface area is 443 Å². The van der Waals surface area contributed by atoms with Crippen molar-refractivity contribution in [1.29, 1.82) is 0 Å². The number of carbonyl (C=O) groups is 2. The van der Waals surface area contributed by atoms with Crippen molar-refractivity contribution < 1.29 is 42.1 Å². The molecule has 0 aliphatic heterocycles. The second-order valence-electron chi connectivity index (χ2n) is 20.6. The molecular formula is C62H111NO8P+. The fraction of sp³-hybridized carbons (Fsp3) is 0.742. The molecule has 1 N–H and O–H groups in total. The molecule has 0 rings (SSSR count). The van der Waals surface area contributed by atoms with Gasteiger partial charge in [0.05, 0.1) is 27.7 Å². The summed E-state index contributed by atoms with van der Waals surface area (Å²) >= 11 is 0. The van der Waals surface area contributed by atoms with Crippen LogP contribution in [0.2, 0.25) is 0 Å². The van der Waals surface area contributed by atoms with E-state index in [4.69, 9.17) is 18.5 Å². The lowest BCUT2D eigenvalue weighted by Gasteiger charge is -2.24. The molecule has 0 saturated carbocycles. The molecule has 0 aromatic carbocycles. The number of esters is 2. The second kappa shape index (κ2) is 53.0. The summed E-state index contributed by atoms with van der Waals surface area (Å²) in [4.78, 5) is 35.6. The zero-order valence-corrected chi connectivity index (χ0v) is 48.0. The third-order valence-electron chi connectivity index (χ3n) is 12.4. The van der Waals surface area contributed by atoms with Crippen molar-refractivity contribution in [2.24, 2.45) is 0 Å². The minimum absolute atomic E-state index is 0.0282. The molecule has 0 spiro atoms. The van der Waals surface area contributed by atoms with E-state index in [0.717, 1.165) is 96.3 Å². The van der Waals surface area contributed by atoms with Gasteiger partial charge < -0.3 is 18.9 Å². The van der Waals surface area contributed by atoms with E-state index in [-0.39, 0.29) is 32.0 Å². The SMILES string of the molecule is CC/C=C\C/C=C\C/C=C\C/C=C\C/C=C\C/C=C\CCCCCCCCCCCCCCCCC(=O)OC(COC(=O)CCCCCCC/C=C\CCCCCCCC)COP(=O)(O)OCC[N+](C)(C)C. The summed E-state index contributed by atoms with van der Waals surface area (Å²) in [5.41, 5.74) is 0. The van der Waals surface area contributed by atoms with Crippen LogP contribution in [0.15, 0.2) is 85.1 Å². The van der Waals surface area contributed by atoms with Gasteiger partial charge in [-0.15, -0.1) is 0 Å². The number of hydrogen-bond donors (Lipinski definition) is 1. The van der Waals surface area contributed by atoms with Crippen LogP contribution in [0.3, 0.4) is 0 Å². The highest BCUT2D eigenvalue weighted by molar-refractivity contribution is 7.47. The van der Waals surface area contributed by atoms with Crippen LogP contribution in [-0.2, 0) is 32.7 Å². The molecule has 0 fully saturated rings. The Morgan fingerprint density at radius 1 is 0.444 bits per heavy atom. The zero-order chi connectivity index (χ0) is 52.7. The number of phosphoric ester groups is 1. The summed E-state index contributed by atoms with van der Waals surface area (Å²) in [6.07, 6.45) is 70.8. The number of rotatable bonds is 53. The molecule has 0 aromatic heterocycles. The Bertz CT molecular complexity index is 1490. The second-order valence-corrected chi connectivity index (χ2v) is 22.1. The van der Waals surface area contributed by atoms with Gasteiger partial charge in [-0.25, -0.2) is 4.57 Å². The summed E-state index contributed by atoms with van der Waals surface area (Å²) in [6.45, 7) is 4.31. The molecule has 2 unspecified atom stereocenters. The molecule has 0 radical (unpaired) electrons. The van der Waals surface area contributed by atoms with Crippen molar-refractivity contribution >= 4 is 19.8 Å². The maximum absolute atomic E-state index is 12.8. The summed E-state index contributed by atoms with van der Waals surface area (Å²) in [5, 5.41) is 0. The Morgan fingerprint density at radius 3 is 1.19 bits per heavy atom. The standard InChI is InChI=1S/C62H110NO8P/c1-6-8-10-12-14-16-18-20-22-23-24-25-26-27-28-29-30-31-32-33-34-35-36-37-38-39-41-43-45-47-49-51-53-55-62(65)71-60(59-70-72(66,67)69-57-56-63(3,4)5)58-68-61(64)54-52-50-48-46-44-42-40-21-19-17-15-13-11-9-7-2/h8,10,14,16,20-22,24-25,27-28,30-31,40,60H,6-7,9,11-13,15,17-19,23,26,29,32-39,41-59H2,1-5H3/p+1/b10-8-,16-14-,22-20-,25-24-,28-27-,31-30-,40-21-. The van der Waals surface area contributed by atoms with Crippen molar-refractivity contribution in [3.63, 3.8) is 0 Å². The van der Waals surface area contributed by atoms with Crippen LogP contribution in [0.1, 0.15) is 245 Å². The fourth-order valence-electron chi connectivity index (χ4n) is 7.90. The Hall–Kier alpha value is -2.81. The monoisotopic (exact) mass is 1030 g/mol. The largest absolute Gasteiger partial charge is 0.472 e. The normalized spacial score (nSPS) is 13.9. The minimum atomic E-state index is -4.39. The van der Waals surface area contributed by atoms with Gasteiger partial charge in [-0.1, -0.05) is 227 Å². The van der Waals surface area contributed by atoms with Gasteiger partial charge in [0.25, 0.3) is 0 Å². The van der Waals surface area contributed by atoms with Gasteiger partial charge in [-0.05, 0) is 89.9 Å². The number of ether oxygens (including phenoxy) is 2. The summed E-state index contributed by atoms with van der Waals surface area (Å²) < 4.78 is 34.5. The number of nitrogens with zero attached hydrogens (tertiary/aromatic N) is 1. The summed E-state index contributed by atoms with van der Waals surface area (Å²) in [5.74, 6) is -0.806. The first-order valence-electron chi connectivity index (χ1n) is 29.3. The first-order chi connectivity index (χ1) is 35.0. The Kier molecular flexibility index (Phi) is 51.0. The molecule has 0 bridgehead atoms. The lowest BCUT2D eigenvalue weighted by Crippen LogP contribution is -2.37. The van der Waals surface area contributed by atoms with Crippen LogP contribution in [0.25, 0.3) is 0 Å². The molecule has 10 heteroatoms. The van der Waals surface area contributed by atoms with E-state index < -0.39 is 26.5 Å². The van der Waals surface area contributed by atoms with Crippen molar-refractivity contribution in [3.05, 3.63) is 85.1 Å². The van der Waals surface area contributed by atoms with Gasteiger partial charge in [-0.2, -0.15) is 0 Å². The molecule has 9 nitrogen and oxygen atoms in total. The first kappa shape index (κ1) is 69.2. The van der Waals surface area contributed by atoms with Crippen LogP contribution in [-0.4, -0.2) is 74.9 Å². The highest BCUT2D eigenvalue weighted by atomic mass is 31.2. The van der Waals surface area contributed by atoms with Gasteiger partial charge in [0.15, 0.2) is 6.10 Å². The van der Waals surface area contributed by atoms with Gasteiger partial charge in [0.2, 0.25) is 0 Å². The quantitative estimate of drug-likeness (QED) is 0.0211. The lowest BCUT2D eigenvalue weighted by molar-refractivity contribution is -0.870. The fourth-order valence-corrected chi connectivity index (χ4v) is 8.64. The molecule has 0 amide bonds. The average Bonchev–Trinajstić information content (AvgIpc) is 3.34. The van der Waals surface area contributed by atoms with E-state index in [2.05, 4.69) is 98.9 Å². The van der Waals surface area contributed by atoms with Crippen LogP contribution in [0.4, 0.5) is 0 Å². The smallest absolute Gasteiger partial charge is 0.462 e. The Balaban J connectivity index is 4.09. The van der Waals surface area contributed by atoms with Crippen molar-refractivity contribution in [1.82, 2.24) is 0 Å². The third-order valence-corrected chi connectivity index (χ3v) is 13.4. The number of allylic oxidation sites excluding steroid dienone is 14. The maximum atomic E-state index is 12.8. The molecule has 0 heterocycles. The summed E-state index contributed by atoms with van der Waals surface area (Å²) in [6, 6.07) is 0. The van der Waals surface area contributed by atoms with Crippen LogP contribution >= 0.6 is 7.82 Å². The van der Waals surface area contributed by atoms with Crippen molar-refractivity contribution in [3.8, 4) is 0 Å². The van der Waals surface area contributed by atoms with E-state index in [9.17, 15) is 19.0 Å². The van der Waals surface area contributed by atoms with E-state index in [0.29, 0.717) is 17.4 Å². The summed E-state index contributed by atoms with van der Waals surface area (Å²) in [7, 11) is 1.47. The van der Waals surface area contributed by atoms with Crippen molar-refractivity contribution in [2.75, 3.05) is 47.5 Å². The molecule has 416 valence electrons. The maximum Gasteiger partial charge on any atom is 0.472 e.